The Morgan fingerprint density at radius 2 is 1.38 bits per heavy atom. The van der Waals surface area contributed by atoms with Gasteiger partial charge in [0.15, 0.2) is 6.21 Å². The molecule has 0 spiro atoms. The second-order valence-electron chi connectivity index (χ2n) is 11.5. The van der Waals surface area contributed by atoms with E-state index < -0.39 is 0 Å². The zero-order chi connectivity index (χ0) is 27.9. The van der Waals surface area contributed by atoms with Crippen molar-refractivity contribution in [2.24, 2.45) is 0 Å². The molecule has 0 radical (unpaired) electrons. The van der Waals surface area contributed by atoms with E-state index in [1.807, 2.05) is 12.1 Å². The van der Waals surface area contributed by atoms with Gasteiger partial charge in [-0.2, -0.15) is 4.58 Å². The number of unbranched alkanes of at least 4 members (excludes halogenated alkanes) is 10. The van der Waals surface area contributed by atoms with E-state index in [0.29, 0.717) is 11.1 Å². The van der Waals surface area contributed by atoms with E-state index in [2.05, 4.69) is 71.8 Å². The minimum Gasteiger partial charge on any atom is -0.506 e. The number of hydrogen-bond donors (Lipinski definition) is 1. The standard InChI is InChI=1S/C36H44N2O2/c1-3-5-7-9-11-17-23-37-25-29(27-19-13-15-21-31(27)37)33-35(39)34(36(33)40)30-26-38(24-18-12-10-8-6-4-2)32-22-16-14-20-28(30)32/h13-16,19-22,25-26H,3-12,17-18,23-24H2,1-2H3/p+1. The van der Waals surface area contributed by atoms with E-state index in [0.717, 1.165) is 59.2 Å². The lowest BCUT2D eigenvalue weighted by molar-refractivity contribution is -0.432. The van der Waals surface area contributed by atoms with Crippen molar-refractivity contribution >= 4 is 39.7 Å². The molecule has 2 heterocycles. The molecule has 0 saturated heterocycles. The van der Waals surface area contributed by atoms with Crippen molar-refractivity contribution in [3.63, 3.8) is 0 Å². The number of carbonyl (C=O) groups excluding carboxylic acids is 1. The van der Waals surface area contributed by atoms with Crippen LogP contribution in [-0.2, 0) is 11.3 Å². The summed E-state index contributed by atoms with van der Waals surface area (Å²) in [7, 11) is 0. The number of hydrogen-bond acceptors (Lipinski definition) is 2. The molecule has 1 N–H and O–H groups in total. The van der Waals surface area contributed by atoms with Gasteiger partial charge in [0.2, 0.25) is 11.5 Å². The summed E-state index contributed by atoms with van der Waals surface area (Å²) in [5.41, 5.74) is 5.91. The Morgan fingerprint density at radius 3 is 2.12 bits per heavy atom. The van der Waals surface area contributed by atoms with Crippen LogP contribution in [0.2, 0.25) is 0 Å². The Balaban J connectivity index is 1.40. The molecule has 3 aromatic rings. The Hall–Kier alpha value is -3.40. The molecule has 0 atom stereocenters. The van der Waals surface area contributed by atoms with Crippen LogP contribution in [0.3, 0.4) is 0 Å². The number of ketones is 1. The number of carbonyl (C=O) groups is 1. The number of fused-ring (bicyclic) bond motifs is 2. The van der Waals surface area contributed by atoms with Gasteiger partial charge in [0, 0.05) is 41.7 Å². The lowest BCUT2D eigenvalue weighted by atomic mass is 9.80. The van der Waals surface area contributed by atoms with Crippen LogP contribution < -0.4 is 0 Å². The van der Waals surface area contributed by atoms with Gasteiger partial charge in [0.1, 0.15) is 12.3 Å². The summed E-state index contributed by atoms with van der Waals surface area (Å²) in [6.45, 7) is 6.35. The normalized spacial score (nSPS) is 16.6. The van der Waals surface area contributed by atoms with Crippen molar-refractivity contribution in [1.29, 1.82) is 0 Å². The summed E-state index contributed by atoms with van der Waals surface area (Å²) >= 11 is 0. The number of benzene rings is 2. The minimum absolute atomic E-state index is 0.0533. The van der Waals surface area contributed by atoms with Crippen molar-refractivity contribution in [2.45, 2.75) is 97.4 Å². The number of allylic oxidation sites excluding steroid dienone is 3. The summed E-state index contributed by atoms with van der Waals surface area (Å²) in [4.78, 5) is 13.7. The van der Waals surface area contributed by atoms with Crippen LogP contribution in [0.4, 0.5) is 5.69 Å². The third kappa shape index (κ3) is 5.73. The van der Waals surface area contributed by atoms with Crippen LogP contribution in [0.1, 0.15) is 102 Å². The molecular formula is C36H45N2O2+. The Bertz CT molecular complexity index is 1450. The number of aliphatic hydroxyl groups excluding tert-OH is 1. The molecular weight excluding hydrogens is 492 g/mol. The SMILES string of the molecule is CCCCCCCCn1cc(C2=C(O)C(=C3C=[N+](CCCCCCCC)c4ccccc43)C2=O)c2ccccc21. The monoisotopic (exact) mass is 537 g/mol. The Labute approximate surface area is 239 Å². The first-order chi connectivity index (χ1) is 19.7. The van der Waals surface area contributed by atoms with Gasteiger partial charge in [0.05, 0.1) is 22.3 Å². The molecule has 0 saturated carbocycles. The van der Waals surface area contributed by atoms with Crippen molar-refractivity contribution in [1.82, 2.24) is 4.57 Å². The maximum atomic E-state index is 13.7. The molecule has 0 unspecified atom stereocenters. The molecule has 1 aliphatic carbocycles. The van der Waals surface area contributed by atoms with Crippen LogP contribution in [0.5, 0.6) is 0 Å². The highest BCUT2D eigenvalue weighted by molar-refractivity contribution is 6.45. The van der Waals surface area contributed by atoms with Gasteiger partial charge in [-0.15, -0.1) is 0 Å². The molecule has 0 fully saturated rings. The lowest BCUT2D eigenvalue weighted by Crippen LogP contribution is -2.23. The van der Waals surface area contributed by atoms with E-state index in [9.17, 15) is 9.90 Å². The summed E-state index contributed by atoms with van der Waals surface area (Å²) in [6.07, 6.45) is 19.1. The second-order valence-corrected chi connectivity index (χ2v) is 11.5. The fourth-order valence-corrected chi connectivity index (χ4v) is 6.29. The second kappa shape index (κ2) is 13.3. The number of rotatable bonds is 15. The first-order valence-corrected chi connectivity index (χ1v) is 15.7. The molecule has 4 heteroatoms. The molecule has 4 nitrogen and oxygen atoms in total. The van der Waals surface area contributed by atoms with Crippen molar-refractivity contribution in [2.75, 3.05) is 6.54 Å². The number of aryl methyl sites for hydroxylation is 1. The summed E-state index contributed by atoms with van der Waals surface area (Å²) in [5, 5.41) is 12.4. The minimum atomic E-state index is -0.0533. The molecule has 1 aliphatic heterocycles. The molecule has 1 aromatic heterocycles. The maximum Gasteiger partial charge on any atom is 0.213 e. The van der Waals surface area contributed by atoms with Crippen LogP contribution in [0, 0.1) is 0 Å². The average molecular weight is 538 g/mol. The van der Waals surface area contributed by atoms with E-state index in [1.165, 1.54) is 64.2 Å². The van der Waals surface area contributed by atoms with Crippen molar-refractivity contribution in [3.05, 3.63) is 77.2 Å². The van der Waals surface area contributed by atoms with E-state index >= 15 is 0 Å². The number of para-hydroxylation sites is 2. The Morgan fingerprint density at radius 1 is 0.725 bits per heavy atom. The van der Waals surface area contributed by atoms with Gasteiger partial charge in [-0.3, -0.25) is 4.79 Å². The summed E-state index contributed by atoms with van der Waals surface area (Å²) in [5.74, 6) is 0.0809. The number of aliphatic hydroxyl groups is 1. The largest absolute Gasteiger partial charge is 0.506 e. The van der Waals surface area contributed by atoms with Gasteiger partial charge in [0.25, 0.3) is 0 Å². The maximum absolute atomic E-state index is 13.7. The molecule has 0 amide bonds. The molecule has 0 bridgehead atoms. The predicted octanol–water partition coefficient (Wildman–Crippen LogP) is 9.40. The van der Waals surface area contributed by atoms with Gasteiger partial charge in [-0.1, -0.05) is 102 Å². The Kier molecular flexibility index (Phi) is 9.36. The van der Waals surface area contributed by atoms with Crippen LogP contribution >= 0.6 is 0 Å². The highest BCUT2D eigenvalue weighted by Gasteiger charge is 2.41. The first-order valence-electron chi connectivity index (χ1n) is 15.7. The van der Waals surface area contributed by atoms with Gasteiger partial charge < -0.3 is 9.67 Å². The van der Waals surface area contributed by atoms with E-state index in [-0.39, 0.29) is 11.5 Å². The molecule has 210 valence electrons. The summed E-state index contributed by atoms with van der Waals surface area (Å²) < 4.78 is 4.53. The number of Topliss-reactive ketones (excluding diaryl/α,β-unsaturated/α-hetero) is 1. The molecule has 40 heavy (non-hydrogen) atoms. The zero-order valence-corrected chi connectivity index (χ0v) is 24.4. The third-order valence-corrected chi connectivity index (χ3v) is 8.55. The smallest absolute Gasteiger partial charge is 0.213 e. The third-order valence-electron chi connectivity index (χ3n) is 8.55. The van der Waals surface area contributed by atoms with Crippen LogP contribution in [0.15, 0.2) is 66.1 Å². The number of nitrogens with zero attached hydrogens (tertiary/aromatic N) is 2. The lowest BCUT2D eigenvalue weighted by Gasteiger charge is -2.22. The molecule has 5 rings (SSSR count). The fraction of sp³-hybridized carbons (Fsp3) is 0.444. The fourth-order valence-electron chi connectivity index (χ4n) is 6.29. The molecule has 2 aromatic carbocycles. The first kappa shape index (κ1) is 28.1. The van der Waals surface area contributed by atoms with Gasteiger partial charge >= 0.3 is 0 Å². The highest BCUT2D eigenvalue weighted by Crippen LogP contribution is 2.45. The number of aromatic nitrogens is 1. The van der Waals surface area contributed by atoms with Crippen molar-refractivity contribution < 1.29 is 14.5 Å². The van der Waals surface area contributed by atoms with Crippen LogP contribution in [-0.4, -0.2) is 32.8 Å². The zero-order valence-electron chi connectivity index (χ0n) is 24.4. The average Bonchev–Trinajstić information content (AvgIpc) is 3.51. The highest BCUT2D eigenvalue weighted by atomic mass is 16.3. The topological polar surface area (TPSA) is 45.2 Å². The van der Waals surface area contributed by atoms with Gasteiger partial charge in [-0.25, -0.2) is 0 Å². The quantitative estimate of drug-likeness (QED) is 0.119. The predicted molar refractivity (Wildman–Crippen MR) is 167 cm³/mol. The van der Waals surface area contributed by atoms with E-state index in [1.54, 1.807) is 0 Å². The molecule has 2 aliphatic rings. The van der Waals surface area contributed by atoms with Gasteiger partial charge in [-0.05, 0) is 25.0 Å². The summed E-state index contributed by atoms with van der Waals surface area (Å²) in [6, 6.07) is 16.5. The van der Waals surface area contributed by atoms with Crippen molar-refractivity contribution in [3.8, 4) is 0 Å². The van der Waals surface area contributed by atoms with E-state index in [4.69, 9.17) is 0 Å². The van der Waals surface area contributed by atoms with Crippen LogP contribution in [0.25, 0.3) is 22.0 Å².